The van der Waals surface area contributed by atoms with Crippen molar-refractivity contribution in [2.75, 3.05) is 14.2 Å². The van der Waals surface area contributed by atoms with E-state index in [0.717, 1.165) is 21.2 Å². The summed E-state index contributed by atoms with van der Waals surface area (Å²) < 4.78 is 10.6. The molecular weight excluding hydrogens is 550 g/mol. The van der Waals surface area contributed by atoms with Crippen LogP contribution in [0.15, 0.2) is 121 Å². The van der Waals surface area contributed by atoms with Crippen molar-refractivity contribution in [3.05, 3.63) is 121 Å². The first-order valence-corrected chi connectivity index (χ1v) is 17.6. The van der Waals surface area contributed by atoms with Crippen LogP contribution in [-0.2, 0) is 19.1 Å². The highest BCUT2D eigenvalue weighted by molar-refractivity contribution is 8.62. The topological polar surface area (TPSA) is 52.6 Å². The monoisotopic (exact) mass is 578 g/mol. The molecule has 0 saturated carbocycles. The van der Waals surface area contributed by atoms with Crippen molar-refractivity contribution in [3.63, 3.8) is 0 Å². The molecule has 2 atom stereocenters. The van der Waals surface area contributed by atoms with Crippen molar-refractivity contribution < 1.29 is 19.1 Å². The lowest BCUT2D eigenvalue weighted by Gasteiger charge is -2.29. The summed E-state index contributed by atoms with van der Waals surface area (Å²) in [4.78, 5) is 26.8. The second-order valence-electron chi connectivity index (χ2n) is 8.03. The van der Waals surface area contributed by atoms with Crippen LogP contribution in [0.3, 0.4) is 0 Å². The molecule has 0 aromatic heterocycles. The molecule has 0 aliphatic carbocycles. The zero-order valence-corrected chi connectivity index (χ0v) is 24.5. The lowest BCUT2D eigenvalue weighted by molar-refractivity contribution is -0.145. The van der Waals surface area contributed by atoms with Gasteiger partial charge in [-0.25, -0.2) is 0 Å². The third kappa shape index (κ3) is 7.27. The van der Waals surface area contributed by atoms with E-state index in [-0.39, 0.29) is 0 Å². The first-order chi connectivity index (χ1) is 18.6. The SMILES string of the molecule is COC(=O)[C@@H](SP(c1ccccc1)c1ccccc1)[C@@H](SP(c1ccccc1)c1ccccc1)C(=O)OC. The fraction of sp³-hybridized carbons (Fsp3) is 0.133. The van der Waals surface area contributed by atoms with Crippen LogP contribution in [0, 0.1) is 0 Å². The minimum absolute atomic E-state index is 0.437. The molecule has 38 heavy (non-hydrogen) atoms. The Morgan fingerprint density at radius 3 is 0.947 bits per heavy atom. The molecule has 8 heteroatoms. The fourth-order valence-electron chi connectivity index (χ4n) is 3.70. The standard InChI is InChI=1S/C30H28O4P2S2/c1-33-29(31)27(37-35(23-15-7-3-8-16-23)24-17-9-4-10-18-24)28(30(32)34-2)38-36(25-19-11-5-12-20-25)26-21-13-6-14-22-26/h3-22,27-28H,1-2H3/t27-,28+. The maximum atomic E-state index is 13.4. The minimum Gasteiger partial charge on any atom is -0.468 e. The summed E-state index contributed by atoms with van der Waals surface area (Å²) in [6.07, 6.45) is 0. The van der Waals surface area contributed by atoms with E-state index < -0.39 is 36.7 Å². The van der Waals surface area contributed by atoms with Gasteiger partial charge in [0.05, 0.1) is 14.2 Å². The summed E-state index contributed by atoms with van der Waals surface area (Å²) in [6, 6.07) is 40.5. The highest BCUT2D eigenvalue weighted by Crippen LogP contribution is 2.57. The first kappa shape index (κ1) is 28.4. The summed E-state index contributed by atoms with van der Waals surface area (Å²) >= 11 is 2.98. The van der Waals surface area contributed by atoms with Gasteiger partial charge in [-0.05, 0) is 21.2 Å². The van der Waals surface area contributed by atoms with Crippen molar-refractivity contribution in [1.82, 2.24) is 0 Å². The van der Waals surface area contributed by atoms with Gasteiger partial charge in [-0.1, -0.05) is 121 Å². The number of hydrogen-bond donors (Lipinski definition) is 0. The molecule has 0 aliphatic heterocycles. The highest BCUT2D eigenvalue weighted by atomic mass is 32.7. The third-order valence-electron chi connectivity index (χ3n) is 5.54. The van der Waals surface area contributed by atoms with Gasteiger partial charge in [0.2, 0.25) is 0 Å². The van der Waals surface area contributed by atoms with Crippen LogP contribution in [0.2, 0.25) is 0 Å². The maximum absolute atomic E-state index is 13.4. The molecule has 0 spiro atoms. The number of carbonyl (C=O) groups is 2. The van der Waals surface area contributed by atoms with Crippen molar-refractivity contribution in [1.29, 1.82) is 0 Å². The van der Waals surface area contributed by atoms with Crippen LogP contribution >= 0.6 is 37.0 Å². The third-order valence-corrected chi connectivity index (χ3v) is 15.7. The van der Waals surface area contributed by atoms with Crippen molar-refractivity contribution in [2.24, 2.45) is 0 Å². The minimum atomic E-state index is -1.02. The van der Waals surface area contributed by atoms with Gasteiger partial charge in [0.15, 0.2) is 0 Å². The van der Waals surface area contributed by atoms with Gasteiger partial charge in [-0.2, -0.15) is 0 Å². The van der Waals surface area contributed by atoms with E-state index in [9.17, 15) is 9.59 Å². The van der Waals surface area contributed by atoms with Crippen molar-refractivity contribution in [2.45, 2.75) is 10.5 Å². The van der Waals surface area contributed by atoms with Gasteiger partial charge in [0, 0.05) is 14.2 Å². The smallest absolute Gasteiger partial charge is 0.320 e. The van der Waals surface area contributed by atoms with Crippen LogP contribution in [0.25, 0.3) is 0 Å². The van der Waals surface area contributed by atoms with Crippen LogP contribution < -0.4 is 21.2 Å². The fourth-order valence-corrected chi connectivity index (χ4v) is 14.2. The normalized spacial score (nSPS) is 12.6. The van der Waals surface area contributed by atoms with Gasteiger partial charge >= 0.3 is 11.9 Å². The molecule has 0 saturated heterocycles. The average molecular weight is 579 g/mol. The number of ether oxygens (including phenoxy) is 2. The van der Waals surface area contributed by atoms with E-state index in [1.54, 1.807) is 0 Å². The Hall–Kier alpha value is -2.62. The number of esters is 2. The molecule has 4 aromatic carbocycles. The van der Waals surface area contributed by atoms with E-state index in [1.807, 2.05) is 72.8 Å². The molecule has 0 radical (unpaired) electrons. The van der Waals surface area contributed by atoms with Crippen LogP contribution in [0.5, 0.6) is 0 Å². The Morgan fingerprint density at radius 1 is 0.500 bits per heavy atom. The zero-order chi connectivity index (χ0) is 26.7. The quantitative estimate of drug-likeness (QED) is 0.170. The van der Waals surface area contributed by atoms with Crippen LogP contribution in [-0.4, -0.2) is 36.7 Å². The number of benzene rings is 4. The molecule has 0 unspecified atom stereocenters. The maximum Gasteiger partial charge on any atom is 0.320 e. The largest absolute Gasteiger partial charge is 0.468 e. The summed E-state index contributed by atoms with van der Waals surface area (Å²) in [5, 5.41) is 2.87. The van der Waals surface area contributed by atoms with Crippen molar-refractivity contribution in [3.8, 4) is 0 Å². The molecular formula is C30H28O4P2S2. The van der Waals surface area contributed by atoms with Gasteiger partial charge in [-0.3, -0.25) is 9.59 Å². The summed E-state index contributed by atoms with van der Waals surface area (Å²) in [6.45, 7) is 0. The number of rotatable bonds is 11. The summed E-state index contributed by atoms with van der Waals surface area (Å²) in [5.74, 6) is -0.873. The van der Waals surface area contributed by atoms with Crippen molar-refractivity contribution >= 4 is 70.2 Å². The number of hydrogen-bond acceptors (Lipinski definition) is 6. The van der Waals surface area contributed by atoms with E-state index in [2.05, 4.69) is 48.5 Å². The number of carbonyl (C=O) groups excluding carboxylic acids is 2. The number of methoxy groups -OCH3 is 2. The van der Waals surface area contributed by atoms with Gasteiger partial charge in [0.25, 0.3) is 0 Å². The molecule has 0 amide bonds. The molecule has 0 bridgehead atoms. The Labute approximate surface area is 234 Å². The molecule has 4 nitrogen and oxygen atoms in total. The van der Waals surface area contributed by atoms with E-state index >= 15 is 0 Å². The molecule has 194 valence electrons. The van der Waals surface area contributed by atoms with Crippen LogP contribution in [0.1, 0.15) is 0 Å². The predicted molar refractivity (Wildman–Crippen MR) is 165 cm³/mol. The molecule has 0 heterocycles. The lowest BCUT2D eigenvalue weighted by Crippen LogP contribution is -2.37. The summed E-state index contributed by atoms with van der Waals surface area (Å²) in [7, 11) is 0.704. The van der Waals surface area contributed by atoms with Crippen LogP contribution in [0.4, 0.5) is 0 Å². The highest BCUT2D eigenvalue weighted by Gasteiger charge is 2.41. The van der Waals surface area contributed by atoms with Gasteiger partial charge < -0.3 is 9.47 Å². The molecule has 0 fully saturated rings. The summed E-state index contributed by atoms with van der Waals surface area (Å²) in [5.41, 5.74) is 0. The molecule has 0 aliphatic rings. The Bertz CT molecular complexity index is 1110. The molecule has 4 rings (SSSR count). The second-order valence-corrected chi connectivity index (χ2v) is 16.2. The molecule has 4 aromatic rings. The zero-order valence-electron chi connectivity index (χ0n) is 21.0. The molecule has 0 N–H and O–H groups in total. The van der Waals surface area contributed by atoms with E-state index in [0.29, 0.717) is 0 Å². The lowest BCUT2D eigenvalue weighted by atomic mass is 10.3. The first-order valence-electron chi connectivity index (χ1n) is 11.9. The van der Waals surface area contributed by atoms with Gasteiger partial charge in [-0.15, -0.1) is 22.8 Å². The Morgan fingerprint density at radius 2 is 0.737 bits per heavy atom. The Balaban J connectivity index is 1.76. The second kappa shape index (κ2) is 14.5. The average Bonchev–Trinajstić information content (AvgIpc) is 3.00. The van der Waals surface area contributed by atoms with E-state index in [1.165, 1.54) is 37.0 Å². The van der Waals surface area contributed by atoms with E-state index in [4.69, 9.17) is 9.47 Å². The Kier molecular flexibility index (Phi) is 10.8. The predicted octanol–water partition coefficient (Wildman–Crippen LogP) is 5.63. The van der Waals surface area contributed by atoms with Gasteiger partial charge in [0.1, 0.15) is 10.5 Å².